The lowest BCUT2D eigenvalue weighted by molar-refractivity contribution is 0.320. The van der Waals surface area contributed by atoms with Crippen molar-refractivity contribution in [2.24, 2.45) is 0 Å². The number of ether oxygens (including phenoxy) is 1. The van der Waals surface area contributed by atoms with Crippen LogP contribution in [0.5, 0.6) is 5.75 Å². The molecule has 118 valence electrons. The van der Waals surface area contributed by atoms with Gasteiger partial charge in [0.25, 0.3) is 0 Å². The Balaban J connectivity index is 1.80. The number of aryl methyl sites for hydroxylation is 2. The molecule has 4 nitrogen and oxygen atoms in total. The number of sulfonamides is 1. The lowest BCUT2D eigenvalue weighted by Crippen LogP contribution is -2.29. The smallest absolute Gasteiger partial charge is 0.215 e. The molecule has 0 atom stereocenters. The highest BCUT2D eigenvalue weighted by atomic mass is 32.2. The molecule has 0 saturated carbocycles. The molecule has 0 amide bonds. The molecule has 0 saturated heterocycles. The normalized spacial score (nSPS) is 11.4. The lowest BCUT2D eigenvalue weighted by Gasteiger charge is -2.10. The highest BCUT2D eigenvalue weighted by Gasteiger charge is 2.10. The molecule has 0 radical (unpaired) electrons. The number of hydrogen-bond donors (Lipinski definition) is 1. The van der Waals surface area contributed by atoms with Crippen molar-refractivity contribution in [3.8, 4) is 5.75 Å². The maximum atomic E-state index is 12.0. The second kappa shape index (κ2) is 7.42. The summed E-state index contributed by atoms with van der Waals surface area (Å²) in [6.07, 6.45) is 0. The molecule has 5 heteroatoms. The van der Waals surface area contributed by atoms with E-state index in [4.69, 9.17) is 4.74 Å². The molecule has 0 bridgehead atoms. The lowest BCUT2D eigenvalue weighted by atomic mass is 10.2. The van der Waals surface area contributed by atoms with E-state index in [-0.39, 0.29) is 12.3 Å². The van der Waals surface area contributed by atoms with E-state index in [1.165, 1.54) is 0 Å². The summed E-state index contributed by atoms with van der Waals surface area (Å²) in [6.45, 7) is 4.48. The zero-order chi connectivity index (χ0) is 16.0. The summed E-state index contributed by atoms with van der Waals surface area (Å²) in [6, 6.07) is 15.1. The Morgan fingerprint density at radius 2 is 1.68 bits per heavy atom. The van der Waals surface area contributed by atoms with Gasteiger partial charge in [-0.3, -0.25) is 0 Å². The van der Waals surface area contributed by atoms with E-state index in [2.05, 4.69) is 4.72 Å². The van der Waals surface area contributed by atoms with Gasteiger partial charge in [-0.25, -0.2) is 13.1 Å². The average molecular weight is 319 g/mol. The molecule has 22 heavy (non-hydrogen) atoms. The predicted molar refractivity (Wildman–Crippen MR) is 88.5 cm³/mol. The summed E-state index contributed by atoms with van der Waals surface area (Å²) in [4.78, 5) is 0. The van der Waals surface area contributed by atoms with E-state index in [0.29, 0.717) is 6.61 Å². The highest BCUT2D eigenvalue weighted by Crippen LogP contribution is 2.15. The third kappa shape index (κ3) is 5.16. The standard InChI is InChI=1S/C17H21NO3S/c1-14-7-9-16(10-8-14)13-22(19,20)18-11-12-21-17-6-4-3-5-15(17)2/h3-10,18H,11-13H2,1-2H3. The molecule has 0 aliphatic rings. The Hall–Kier alpha value is -1.85. The molecular formula is C17H21NO3S. The minimum Gasteiger partial charge on any atom is -0.492 e. The van der Waals surface area contributed by atoms with Crippen molar-refractivity contribution in [1.29, 1.82) is 0 Å². The van der Waals surface area contributed by atoms with Gasteiger partial charge >= 0.3 is 0 Å². The van der Waals surface area contributed by atoms with E-state index >= 15 is 0 Å². The van der Waals surface area contributed by atoms with Crippen LogP contribution in [0.25, 0.3) is 0 Å². The monoisotopic (exact) mass is 319 g/mol. The van der Waals surface area contributed by atoms with E-state index in [1.54, 1.807) is 0 Å². The number of hydrogen-bond acceptors (Lipinski definition) is 3. The zero-order valence-corrected chi connectivity index (χ0v) is 13.7. The van der Waals surface area contributed by atoms with Gasteiger partial charge in [-0.05, 0) is 31.0 Å². The Bertz CT molecular complexity index is 709. The fourth-order valence-corrected chi connectivity index (χ4v) is 3.16. The van der Waals surface area contributed by atoms with Gasteiger partial charge in [0.1, 0.15) is 12.4 Å². The molecule has 0 fully saturated rings. The third-order valence-electron chi connectivity index (χ3n) is 3.25. The van der Waals surface area contributed by atoms with Crippen LogP contribution in [0.4, 0.5) is 0 Å². The molecule has 0 unspecified atom stereocenters. The molecule has 0 aromatic heterocycles. The summed E-state index contributed by atoms with van der Waals surface area (Å²) in [5, 5.41) is 0. The minimum absolute atomic E-state index is 0.0162. The van der Waals surface area contributed by atoms with Gasteiger partial charge in [-0.15, -0.1) is 0 Å². The average Bonchev–Trinajstić information content (AvgIpc) is 2.47. The van der Waals surface area contributed by atoms with Crippen LogP contribution >= 0.6 is 0 Å². The molecule has 0 heterocycles. The highest BCUT2D eigenvalue weighted by molar-refractivity contribution is 7.88. The van der Waals surface area contributed by atoms with Gasteiger partial charge in [0.2, 0.25) is 10.0 Å². The molecule has 0 aliphatic carbocycles. The van der Waals surface area contributed by atoms with Crippen molar-refractivity contribution in [2.75, 3.05) is 13.2 Å². The molecule has 2 aromatic carbocycles. The maximum Gasteiger partial charge on any atom is 0.215 e. The first-order valence-corrected chi connectivity index (χ1v) is 8.83. The summed E-state index contributed by atoms with van der Waals surface area (Å²) < 4.78 is 32.1. The van der Waals surface area contributed by atoms with E-state index < -0.39 is 10.0 Å². The second-order valence-corrected chi connectivity index (χ2v) is 7.06. The van der Waals surface area contributed by atoms with Crippen LogP contribution in [0.2, 0.25) is 0 Å². The van der Waals surface area contributed by atoms with Gasteiger partial charge in [0, 0.05) is 6.54 Å². The van der Waals surface area contributed by atoms with Crippen LogP contribution in [-0.4, -0.2) is 21.6 Å². The van der Waals surface area contributed by atoms with Gasteiger partial charge in [0.05, 0.1) is 5.75 Å². The van der Waals surface area contributed by atoms with Crippen LogP contribution < -0.4 is 9.46 Å². The molecular weight excluding hydrogens is 298 g/mol. The van der Waals surface area contributed by atoms with Crippen LogP contribution in [0.3, 0.4) is 0 Å². The van der Waals surface area contributed by atoms with Crippen molar-refractivity contribution in [3.63, 3.8) is 0 Å². The van der Waals surface area contributed by atoms with Gasteiger partial charge < -0.3 is 4.74 Å². The number of para-hydroxylation sites is 1. The summed E-state index contributed by atoms with van der Waals surface area (Å²) >= 11 is 0. The van der Waals surface area contributed by atoms with Crippen molar-refractivity contribution in [3.05, 3.63) is 65.2 Å². The molecule has 0 aliphatic heterocycles. The Labute approximate surface area is 132 Å². The van der Waals surface area contributed by atoms with Crippen molar-refractivity contribution in [1.82, 2.24) is 4.72 Å². The number of rotatable bonds is 7. The van der Waals surface area contributed by atoms with Gasteiger partial charge in [0.15, 0.2) is 0 Å². The van der Waals surface area contributed by atoms with Crippen molar-refractivity contribution in [2.45, 2.75) is 19.6 Å². The largest absolute Gasteiger partial charge is 0.492 e. The van der Waals surface area contributed by atoms with E-state index in [9.17, 15) is 8.42 Å². The fourth-order valence-electron chi connectivity index (χ4n) is 2.03. The summed E-state index contributed by atoms with van der Waals surface area (Å²) in [7, 11) is -3.34. The number of nitrogens with one attached hydrogen (secondary N) is 1. The Morgan fingerprint density at radius 3 is 2.36 bits per heavy atom. The summed E-state index contributed by atoms with van der Waals surface area (Å²) in [5.41, 5.74) is 2.92. The van der Waals surface area contributed by atoms with E-state index in [0.717, 1.165) is 22.4 Å². The first-order valence-electron chi connectivity index (χ1n) is 7.17. The molecule has 0 spiro atoms. The van der Waals surface area contributed by atoms with Crippen LogP contribution in [0.1, 0.15) is 16.7 Å². The maximum absolute atomic E-state index is 12.0. The molecule has 2 rings (SSSR count). The quantitative estimate of drug-likeness (QED) is 0.799. The first kappa shape index (κ1) is 16.5. The van der Waals surface area contributed by atoms with Crippen molar-refractivity contribution >= 4 is 10.0 Å². The van der Waals surface area contributed by atoms with Gasteiger partial charge in [-0.1, -0.05) is 48.0 Å². The Kier molecular flexibility index (Phi) is 5.57. The summed E-state index contributed by atoms with van der Waals surface area (Å²) in [5.74, 6) is 0.762. The first-order chi connectivity index (χ1) is 10.5. The fraction of sp³-hybridized carbons (Fsp3) is 0.294. The topological polar surface area (TPSA) is 55.4 Å². The molecule has 1 N–H and O–H groups in total. The van der Waals surface area contributed by atoms with Crippen LogP contribution in [-0.2, 0) is 15.8 Å². The van der Waals surface area contributed by atoms with Gasteiger partial charge in [-0.2, -0.15) is 0 Å². The SMILES string of the molecule is Cc1ccc(CS(=O)(=O)NCCOc2ccccc2C)cc1. The van der Waals surface area contributed by atoms with Crippen LogP contribution in [0.15, 0.2) is 48.5 Å². The third-order valence-corrected chi connectivity index (χ3v) is 4.61. The van der Waals surface area contributed by atoms with E-state index in [1.807, 2.05) is 62.4 Å². The Morgan fingerprint density at radius 1 is 1.00 bits per heavy atom. The minimum atomic E-state index is -3.34. The number of benzene rings is 2. The zero-order valence-electron chi connectivity index (χ0n) is 12.9. The van der Waals surface area contributed by atoms with Crippen LogP contribution in [0, 0.1) is 13.8 Å². The predicted octanol–water partition coefficient (Wildman–Crippen LogP) is 2.80. The second-order valence-electron chi connectivity index (χ2n) is 5.25. The molecule has 2 aromatic rings. The van der Waals surface area contributed by atoms with Crippen molar-refractivity contribution < 1.29 is 13.2 Å².